The lowest BCUT2D eigenvalue weighted by molar-refractivity contribution is 0.588. The molecule has 2 nitrogen and oxygen atoms in total. The van der Waals surface area contributed by atoms with Gasteiger partial charge in [0.1, 0.15) is 5.82 Å². The van der Waals surface area contributed by atoms with Crippen molar-refractivity contribution in [3.8, 4) is 33.9 Å². The molecule has 0 unspecified atom stereocenters. The van der Waals surface area contributed by atoms with Crippen LogP contribution in [0.25, 0.3) is 33.9 Å². The maximum Gasteiger partial charge on any atom is 0.141 e. The molecule has 0 atom stereocenters. The molecule has 0 saturated heterocycles. The van der Waals surface area contributed by atoms with Crippen LogP contribution in [0.4, 0.5) is 0 Å². The standard InChI is InChI=1S/C27H25Br3N2/c1-2-3-4-5-18-32-26(20-8-14-23(29)15-9-20)25(19-6-12-22(28)13-7-19)31-27(32)21-10-16-24(30)17-11-21/h6-17H,2-5,18H2,1H3. The molecule has 5 heteroatoms. The van der Waals surface area contributed by atoms with E-state index in [1.807, 2.05) is 0 Å². The number of hydrogen-bond donors (Lipinski definition) is 0. The maximum absolute atomic E-state index is 5.23. The molecule has 0 aliphatic rings. The second-order valence-corrected chi connectivity index (χ2v) is 10.6. The molecule has 4 aromatic rings. The van der Waals surface area contributed by atoms with Gasteiger partial charge in [0.15, 0.2) is 0 Å². The number of unbranched alkanes of at least 4 members (excludes halogenated alkanes) is 3. The van der Waals surface area contributed by atoms with E-state index in [-0.39, 0.29) is 0 Å². The Hall–Kier alpha value is -1.69. The first-order valence-corrected chi connectivity index (χ1v) is 13.3. The lowest BCUT2D eigenvalue weighted by Gasteiger charge is -2.14. The molecule has 1 heterocycles. The van der Waals surface area contributed by atoms with Crippen LogP contribution in [0.15, 0.2) is 86.2 Å². The highest BCUT2D eigenvalue weighted by Crippen LogP contribution is 2.37. The van der Waals surface area contributed by atoms with Gasteiger partial charge in [-0.1, -0.05) is 110 Å². The molecule has 0 fully saturated rings. The normalized spacial score (nSPS) is 11.1. The zero-order valence-corrected chi connectivity index (χ0v) is 22.8. The van der Waals surface area contributed by atoms with Crippen LogP contribution in [-0.2, 0) is 6.54 Å². The summed E-state index contributed by atoms with van der Waals surface area (Å²) < 4.78 is 5.63. The van der Waals surface area contributed by atoms with Crippen LogP contribution in [0.2, 0.25) is 0 Å². The largest absolute Gasteiger partial charge is 0.323 e. The molecule has 0 saturated carbocycles. The van der Waals surface area contributed by atoms with Crippen molar-refractivity contribution in [2.45, 2.75) is 39.2 Å². The molecule has 0 aliphatic carbocycles. The first-order chi connectivity index (χ1) is 15.6. The van der Waals surface area contributed by atoms with Crippen LogP contribution in [0.3, 0.4) is 0 Å². The number of imidazole rings is 1. The Bertz CT molecular complexity index is 1160. The van der Waals surface area contributed by atoms with Crippen molar-refractivity contribution in [1.82, 2.24) is 9.55 Å². The number of nitrogens with zero attached hydrogens (tertiary/aromatic N) is 2. The molecule has 4 rings (SSSR count). The van der Waals surface area contributed by atoms with Crippen molar-refractivity contribution in [3.05, 3.63) is 86.2 Å². The van der Waals surface area contributed by atoms with Crippen molar-refractivity contribution in [3.63, 3.8) is 0 Å². The van der Waals surface area contributed by atoms with E-state index < -0.39 is 0 Å². The Morgan fingerprint density at radius 3 is 1.66 bits per heavy atom. The molecule has 0 radical (unpaired) electrons. The summed E-state index contributed by atoms with van der Waals surface area (Å²) in [6, 6.07) is 25.5. The summed E-state index contributed by atoms with van der Waals surface area (Å²) in [4.78, 5) is 5.23. The first kappa shape index (κ1) is 23.5. The van der Waals surface area contributed by atoms with Crippen LogP contribution in [0.5, 0.6) is 0 Å². The average Bonchev–Trinajstić information content (AvgIpc) is 3.17. The van der Waals surface area contributed by atoms with E-state index in [4.69, 9.17) is 4.98 Å². The maximum atomic E-state index is 5.23. The molecule has 0 bridgehead atoms. The summed E-state index contributed by atoms with van der Waals surface area (Å²) in [5.41, 5.74) is 5.63. The van der Waals surface area contributed by atoms with Crippen molar-refractivity contribution < 1.29 is 0 Å². The van der Waals surface area contributed by atoms with Crippen molar-refractivity contribution in [2.24, 2.45) is 0 Å². The number of benzene rings is 3. The minimum Gasteiger partial charge on any atom is -0.323 e. The highest BCUT2D eigenvalue weighted by molar-refractivity contribution is 9.11. The molecular weight excluding hydrogens is 592 g/mol. The lowest BCUT2D eigenvalue weighted by Crippen LogP contribution is -2.03. The number of hydrogen-bond acceptors (Lipinski definition) is 1. The van der Waals surface area contributed by atoms with Gasteiger partial charge in [0.25, 0.3) is 0 Å². The fraction of sp³-hybridized carbons (Fsp3) is 0.222. The van der Waals surface area contributed by atoms with Gasteiger partial charge in [-0.3, -0.25) is 0 Å². The molecule has 0 aliphatic heterocycles. The predicted molar refractivity (Wildman–Crippen MR) is 146 cm³/mol. The molecule has 0 amide bonds. The van der Waals surface area contributed by atoms with Crippen LogP contribution >= 0.6 is 47.8 Å². The van der Waals surface area contributed by atoms with Crippen molar-refractivity contribution in [2.75, 3.05) is 0 Å². The van der Waals surface area contributed by atoms with Crippen LogP contribution in [0, 0.1) is 0 Å². The van der Waals surface area contributed by atoms with Gasteiger partial charge in [0.05, 0.1) is 11.4 Å². The zero-order valence-electron chi connectivity index (χ0n) is 18.0. The van der Waals surface area contributed by atoms with Gasteiger partial charge in [-0.25, -0.2) is 4.98 Å². The number of aromatic nitrogens is 2. The van der Waals surface area contributed by atoms with Gasteiger partial charge in [0, 0.05) is 36.7 Å². The predicted octanol–water partition coefficient (Wildman–Crippen LogP) is 9.75. The van der Waals surface area contributed by atoms with Crippen molar-refractivity contribution in [1.29, 1.82) is 0 Å². The second kappa shape index (κ2) is 11.0. The van der Waals surface area contributed by atoms with E-state index >= 15 is 0 Å². The zero-order chi connectivity index (χ0) is 22.5. The summed E-state index contributed by atoms with van der Waals surface area (Å²) >= 11 is 10.7. The second-order valence-electron chi connectivity index (χ2n) is 7.87. The van der Waals surface area contributed by atoms with E-state index in [0.29, 0.717) is 0 Å². The Balaban J connectivity index is 1.92. The topological polar surface area (TPSA) is 17.8 Å². The summed E-state index contributed by atoms with van der Waals surface area (Å²) in [7, 11) is 0. The van der Waals surface area contributed by atoms with Crippen LogP contribution < -0.4 is 0 Å². The summed E-state index contributed by atoms with van der Waals surface area (Å²) in [6.07, 6.45) is 4.85. The molecule has 3 aromatic carbocycles. The smallest absolute Gasteiger partial charge is 0.141 e. The minimum absolute atomic E-state index is 0.945. The summed E-state index contributed by atoms with van der Waals surface area (Å²) in [5.74, 6) is 1.02. The van der Waals surface area contributed by atoms with E-state index in [9.17, 15) is 0 Å². The van der Waals surface area contributed by atoms with Gasteiger partial charge in [0.2, 0.25) is 0 Å². The van der Waals surface area contributed by atoms with Crippen LogP contribution in [0.1, 0.15) is 32.6 Å². The third-order valence-electron chi connectivity index (χ3n) is 5.54. The number of rotatable bonds is 8. The molecule has 32 heavy (non-hydrogen) atoms. The summed E-state index contributed by atoms with van der Waals surface area (Å²) in [6.45, 7) is 3.20. The van der Waals surface area contributed by atoms with Gasteiger partial charge >= 0.3 is 0 Å². The van der Waals surface area contributed by atoms with E-state index in [1.54, 1.807) is 0 Å². The highest BCUT2D eigenvalue weighted by Gasteiger charge is 2.21. The van der Waals surface area contributed by atoms with Gasteiger partial charge in [-0.2, -0.15) is 0 Å². The van der Waals surface area contributed by atoms with Crippen LogP contribution in [-0.4, -0.2) is 9.55 Å². The average molecular weight is 617 g/mol. The fourth-order valence-electron chi connectivity index (χ4n) is 3.90. The monoisotopic (exact) mass is 614 g/mol. The SMILES string of the molecule is CCCCCCn1c(-c2ccc(Br)cc2)nc(-c2ccc(Br)cc2)c1-c1ccc(Br)cc1. The van der Waals surface area contributed by atoms with E-state index in [2.05, 4.69) is 132 Å². The van der Waals surface area contributed by atoms with Gasteiger partial charge in [-0.15, -0.1) is 0 Å². The molecular formula is C27H25Br3N2. The minimum atomic E-state index is 0.945. The third-order valence-corrected chi connectivity index (χ3v) is 7.13. The van der Waals surface area contributed by atoms with Gasteiger partial charge < -0.3 is 4.57 Å². The molecule has 0 N–H and O–H groups in total. The molecule has 164 valence electrons. The summed E-state index contributed by atoms with van der Waals surface area (Å²) in [5, 5.41) is 0. The quantitative estimate of drug-likeness (QED) is 0.180. The third kappa shape index (κ3) is 5.44. The van der Waals surface area contributed by atoms with E-state index in [0.717, 1.165) is 49.0 Å². The first-order valence-electron chi connectivity index (χ1n) is 10.9. The number of halogens is 3. The Labute approximate surface area is 215 Å². The highest BCUT2D eigenvalue weighted by atomic mass is 79.9. The Morgan fingerprint density at radius 2 is 1.12 bits per heavy atom. The van der Waals surface area contributed by atoms with Crippen molar-refractivity contribution >= 4 is 47.8 Å². The molecule has 1 aromatic heterocycles. The van der Waals surface area contributed by atoms with Gasteiger partial charge in [-0.05, 0) is 42.8 Å². The lowest BCUT2D eigenvalue weighted by atomic mass is 10.0. The Morgan fingerprint density at radius 1 is 0.625 bits per heavy atom. The fourth-order valence-corrected chi connectivity index (χ4v) is 4.69. The van der Waals surface area contributed by atoms with E-state index in [1.165, 1.54) is 30.5 Å². The molecule has 0 spiro atoms. The Kier molecular flexibility index (Phi) is 8.03.